The van der Waals surface area contributed by atoms with Gasteiger partial charge in [-0.15, -0.1) is 0 Å². The van der Waals surface area contributed by atoms with Gasteiger partial charge in [0.15, 0.2) is 0 Å². The van der Waals surface area contributed by atoms with E-state index in [0.29, 0.717) is 5.56 Å². The van der Waals surface area contributed by atoms with Gasteiger partial charge in [-0.05, 0) is 27.6 Å². The molecule has 0 spiro atoms. The topological polar surface area (TPSA) is 115 Å². The molecule has 1 atom stereocenters. The predicted octanol–water partition coefficient (Wildman–Crippen LogP) is 3.49. The number of ether oxygens (including phenoxy) is 3. The van der Waals surface area contributed by atoms with Gasteiger partial charge in [-0.1, -0.05) is 30.3 Å². The van der Waals surface area contributed by atoms with Gasteiger partial charge in [0.1, 0.15) is 28.8 Å². The van der Waals surface area contributed by atoms with Crippen molar-refractivity contribution in [3.05, 3.63) is 81.0 Å². The molecule has 8 nitrogen and oxygen atoms in total. The van der Waals surface area contributed by atoms with E-state index in [1.165, 1.54) is 7.11 Å². The second kappa shape index (κ2) is 9.75. The van der Waals surface area contributed by atoms with Gasteiger partial charge in [-0.3, -0.25) is 4.90 Å². The minimum absolute atomic E-state index is 0.00843. The van der Waals surface area contributed by atoms with E-state index >= 15 is 0 Å². The molecular weight excluding hydrogens is 497 g/mol. The van der Waals surface area contributed by atoms with Crippen LogP contribution < -0.4 is 15.4 Å². The van der Waals surface area contributed by atoms with E-state index in [1.54, 1.807) is 30.3 Å². The van der Waals surface area contributed by atoms with Crippen molar-refractivity contribution in [1.29, 1.82) is 5.26 Å². The van der Waals surface area contributed by atoms with E-state index < -0.39 is 23.7 Å². The van der Waals surface area contributed by atoms with Crippen LogP contribution in [0.1, 0.15) is 11.5 Å². The summed E-state index contributed by atoms with van der Waals surface area (Å²) in [5.41, 5.74) is 6.58. The lowest BCUT2D eigenvalue weighted by atomic mass is 9.81. The van der Waals surface area contributed by atoms with Crippen molar-refractivity contribution in [3.63, 3.8) is 0 Å². The summed E-state index contributed by atoms with van der Waals surface area (Å²) in [4.78, 5) is 27.2. The number of methoxy groups -OCH3 is 3. The lowest BCUT2D eigenvalue weighted by Crippen LogP contribution is -2.41. The first-order valence-corrected chi connectivity index (χ1v) is 10.3. The van der Waals surface area contributed by atoms with Crippen molar-refractivity contribution in [1.82, 2.24) is 0 Å². The van der Waals surface area contributed by atoms with Crippen molar-refractivity contribution in [2.75, 3.05) is 26.2 Å². The Balaban J connectivity index is 2.49. The number of esters is 2. The number of carbonyl (C=O) groups excluding carboxylic acids is 2. The summed E-state index contributed by atoms with van der Waals surface area (Å²) in [7, 11) is 3.59. The van der Waals surface area contributed by atoms with Gasteiger partial charge in [-0.25, -0.2) is 14.0 Å². The number of halogens is 2. The molecule has 1 heterocycles. The molecule has 0 saturated heterocycles. The molecule has 1 aliphatic rings. The molecule has 10 heteroatoms. The molecule has 0 aliphatic carbocycles. The van der Waals surface area contributed by atoms with Crippen LogP contribution in [-0.4, -0.2) is 33.3 Å². The Bertz CT molecular complexity index is 1220. The highest BCUT2D eigenvalue weighted by atomic mass is 79.9. The summed E-state index contributed by atoms with van der Waals surface area (Å²) < 4.78 is 29.5. The lowest BCUT2D eigenvalue weighted by Gasteiger charge is -2.36. The standard InChI is InChI=1S/C23H19BrFN3O5/c1-31-16-10-13(25)9-15(24)19(16)28-20(23(30)33-3)18(22(29)32-2)17(14(11-26)21(28)27)12-7-5-4-6-8-12/h4-10,17H,27H2,1-3H3. The van der Waals surface area contributed by atoms with Gasteiger partial charge >= 0.3 is 11.9 Å². The molecule has 2 aromatic carbocycles. The number of anilines is 1. The van der Waals surface area contributed by atoms with Crippen LogP contribution in [0.15, 0.2) is 69.6 Å². The van der Waals surface area contributed by atoms with Crippen LogP contribution in [0, 0.1) is 17.1 Å². The third kappa shape index (κ3) is 4.15. The van der Waals surface area contributed by atoms with Crippen LogP contribution in [0.2, 0.25) is 0 Å². The Morgan fingerprint density at radius 1 is 1.12 bits per heavy atom. The minimum Gasteiger partial charge on any atom is -0.494 e. The van der Waals surface area contributed by atoms with Crippen molar-refractivity contribution in [2.24, 2.45) is 5.73 Å². The van der Waals surface area contributed by atoms with Crippen molar-refractivity contribution in [3.8, 4) is 11.8 Å². The van der Waals surface area contributed by atoms with Gasteiger partial charge < -0.3 is 19.9 Å². The Hall–Kier alpha value is -3.84. The van der Waals surface area contributed by atoms with Crippen molar-refractivity contribution >= 4 is 33.6 Å². The first-order chi connectivity index (χ1) is 15.8. The summed E-state index contributed by atoms with van der Waals surface area (Å²) >= 11 is 3.26. The van der Waals surface area contributed by atoms with E-state index in [0.717, 1.165) is 31.3 Å². The van der Waals surface area contributed by atoms with E-state index in [4.69, 9.17) is 19.9 Å². The van der Waals surface area contributed by atoms with Crippen molar-refractivity contribution < 1.29 is 28.2 Å². The highest BCUT2D eigenvalue weighted by molar-refractivity contribution is 9.10. The van der Waals surface area contributed by atoms with Crippen LogP contribution in [0.5, 0.6) is 5.75 Å². The quantitative estimate of drug-likeness (QED) is 0.601. The second-order valence-corrected chi connectivity index (χ2v) is 7.63. The first kappa shape index (κ1) is 23.8. The van der Waals surface area contributed by atoms with E-state index in [1.807, 2.05) is 6.07 Å². The molecule has 0 fully saturated rings. The molecule has 0 saturated carbocycles. The number of hydrogen-bond donors (Lipinski definition) is 1. The number of allylic oxidation sites excluding steroid dienone is 1. The Morgan fingerprint density at radius 2 is 1.76 bits per heavy atom. The summed E-state index contributed by atoms with van der Waals surface area (Å²) in [6, 6.07) is 12.8. The predicted molar refractivity (Wildman–Crippen MR) is 120 cm³/mol. The van der Waals surface area contributed by atoms with Crippen LogP contribution in [0.4, 0.5) is 10.1 Å². The van der Waals surface area contributed by atoms with Crippen LogP contribution in [0.25, 0.3) is 0 Å². The van der Waals surface area contributed by atoms with Gasteiger partial charge in [0.25, 0.3) is 0 Å². The number of nitrogens with two attached hydrogens (primary N) is 1. The normalized spacial score (nSPS) is 15.8. The zero-order valence-corrected chi connectivity index (χ0v) is 19.5. The number of nitrogens with zero attached hydrogens (tertiary/aromatic N) is 2. The fourth-order valence-electron chi connectivity index (χ4n) is 3.66. The second-order valence-electron chi connectivity index (χ2n) is 6.77. The fourth-order valence-corrected chi connectivity index (χ4v) is 4.25. The van der Waals surface area contributed by atoms with Crippen molar-refractivity contribution in [2.45, 2.75) is 5.92 Å². The van der Waals surface area contributed by atoms with E-state index in [9.17, 15) is 19.2 Å². The van der Waals surface area contributed by atoms with Gasteiger partial charge in [0.05, 0.1) is 44.5 Å². The maximum absolute atomic E-state index is 14.1. The molecule has 33 heavy (non-hydrogen) atoms. The monoisotopic (exact) mass is 515 g/mol. The molecule has 1 unspecified atom stereocenters. The summed E-state index contributed by atoms with van der Waals surface area (Å²) in [5, 5.41) is 10.0. The SMILES string of the molecule is COC(=O)C1=C(C(=O)OC)N(c2c(Br)cc(F)cc2OC)C(N)=C(C#N)C1c1ccccc1. The molecule has 1 aliphatic heterocycles. The molecule has 2 aromatic rings. The Labute approximate surface area is 197 Å². The average molecular weight is 516 g/mol. The molecule has 0 amide bonds. The number of rotatable bonds is 5. The van der Waals surface area contributed by atoms with Gasteiger partial charge in [0, 0.05) is 10.5 Å². The largest absolute Gasteiger partial charge is 0.494 e. The van der Waals surface area contributed by atoms with Crippen LogP contribution in [0.3, 0.4) is 0 Å². The van der Waals surface area contributed by atoms with Gasteiger partial charge in [-0.2, -0.15) is 5.26 Å². The third-order valence-electron chi connectivity index (χ3n) is 5.05. The summed E-state index contributed by atoms with van der Waals surface area (Å²) in [5.74, 6) is -3.60. The molecule has 0 bridgehead atoms. The summed E-state index contributed by atoms with van der Waals surface area (Å²) in [6.07, 6.45) is 0. The van der Waals surface area contributed by atoms with Crippen LogP contribution in [-0.2, 0) is 19.1 Å². The molecule has 2 N–H and O–H groups in total. The van der Waals surface area contributed by atoms with Gasteiger partial charge in [0.2, 0.25) is 0 Å². The van der Waals surface area contributed by atoms with E-state index in [2.05, 4.69) is 15.9 Å². The Kier molecular flexibility index (Phi) is 7.04. The highest BCUT2D eigenvalue weighted by Crippen LogP contribution is 2.47. The average Bonchev–Trinajstić information content (AvgIpc) is 2.82. The van der Waals surface area contributed by atoms with Crippen LogP contribution >= 0.6 is 15.9 Å². The number of benzene rings is 2. The molecule has 170 valence electrons. The summed E-state index contributed by atoms with van der Waals surface area (Å²) in [6.45, 7) is 0. The molecule has 0 radical (unpaired) electrons. The first-order valence-electron chi connectivity index (χ1n) is 9.49. The number of hydrogen-bond acceptors (Lipinski definition) is 8. The molecule has 3 rings (SSSR count). The molecule has 0 aromatic heterocycles. The lowest BCUT2D eigenvalue weighted by molar-refractivity contribution is -0.139. The third-order valence-corrected chi connectivity index (χ3v) is 5.65. The molecular formula is C23H19BrFN3O5. The fraction of sp³-hybridized carbons (Fsp3) is 0.174. The highest BCUT2D eigenvalue weighted by Gasteiger charge is 2.44. The maximum atomic E-state index is 14.1. The smallest absolute Gasteiger partial charge is 0.355 e. The van der Waals surface area contributed by atoms with E-state index in [-0.39, 0.29) is 38.6 Å². The minimum atomic E-state index is -1.01. The maximum Gasteiger partial charge on any atom is 0.355 e. The number of carbonyl (C=O) groups is 2. The Morgan fingerprint density at radius 3 is 2.30 bits per heavy atom. The zero-order chi connectivity index (χ0) is 24.3. The zero-order valence-electron chi connectivity index (χ0n) is 17.9. The number of nitriles is 1.